The minimum Gasteiger partial charge on any atom is -0.0622 e. The van der Waals surface area contributed by atoms with Crippen molar-refractivity contribution in [3.8, 4) is 55.6 Å². The first-order valence-corrected chi connectivity index (χ1v) is 19.4. The summed E-state index contributed by atoms with van der Waals surface area (Å²) in [5.41, 5.74) is 15.4. The zero-order valence-corrected chi connectivity index (χ0v) is 31.0. The summed E-state index contributed by atoms with van der Waals surface area (Å²) in [6.45, 7) is 4.77. The maximum atomic E-state index is 2.49. The normalized spacial score (nSPS) is 13.1. The summed E-state index contributed by atoms with van der Waals surface area (Å²) < 4.78 is 0. The van der Waals surface area contributed by atoms with Crippen molar-refractivity contribution in [1.82, 2.24) is 0 Å². The van der Waals surface area contributed by atoms with Gasteiger partial charge in [0.2, 0.25) is 0 Å². The molecule has 1 aliphatic carbocycles. The topological polar surface area (TPSA) is 0 Å². The molecule has 0 N–H and O–H groups in total. The van der Waals surface area contributed by atoms with Crippen LogP contribution in [-0.4, -0.2) is 0 Å². The molecular weight excluding hydrogens is 661 g/mol. The van der Waals surface area contributed by atoms with E-state index < -0.39 is 0 Å². The zero-order chi connectivity index (χ0) is 36.7. The highest BCUT2D eigenvalue weighted by Gasteiger charge is 2.37. The molecule has 0 heterocycles. The van der Waals surface area contributed by atoms with E-state index in [0.29, 0.717) is 0 Å². The van der Waals surface area contributed by atoms with Gasteiger partial charge in [0, 0.05) is 5.41 Å². The Hall–Kier alpha value is -6.76. The van der Waals surface area contributed by atoms with Crippen LogP contribution in [0.4, 0.5) is 0 Å². The number of benzene rings is 10. The first kappa shape index (κ1) is 31.7. The van der Waals surface area contributed by atoms with Gasteiger partial charge in [-0.1, -0.05) is 202 Å². The molecule has 0 spiro atoms. The van der Waals surface area contributed by atoms with E-state index in [0.717, 1.165) is 0 Å². The summed E-state index contributed by atoms with van der Waals surface area (Å²) in [5, 5.41) is 10.2. The molecule has 0 aliphatic heterocycles. The maximum absolute atomic E-state index is 2.49. The minimum atomic E-state index is -0.115. The Kier molecular flexibility index (Phi) is 7.00. The van der Waals surface area contributed by atoms with Gasteiger partial charge < -0.3 is 0 Å². The van der Waals surface area contributed by atoms with Crippen LogP contribution in [0.1, 0.15) is 25.0 Å². The lowest BCUT2D eigenvalue weighted by atomic mass is 9.78. The van der Waals surface area contributed by atoms with Crippen molar-refractivity contribution in [2.24, 2.45) is 0 Å². The highest BCUT2D eigenvalue weighted by atomic mass is 14.4. The molecule has 0 heteroatoms. The quantitative estimate of drug-likeness (QED) is 0.127. The predicted octanol–water partition coefficient (Wildman–Crippen LogP) is 15.3. The standard InChI is InChI=1S/C55H38/c1-55(2)50-25-11-10-21-45(50)47-24-13-23-44(54(47)55)40-31-32-46-49(34-40)52(38-16-4-3-5-17-38)53-43-20-9-7-15-36(43)30-33-48(53)51(46)39-28-26-37(27-29-39)42-22-12-18-35-14-6-8-19-41(35)42/h3-34H,1-2H3. The van der Waals surface area contributed by atoms with Gasteiger partial charge in [-0.2, -0.15) is 0 Å². The van der Waals surface area contributed by atoms with E-state index in [1.54, 1.807) is 0 Å². The summed E-state index contributed by atoms with van der Waals surface area (Å²) in [6, 6.07) is 72.2. The molecule has 55 heavy (non-hydrogen) atoms. The Balaban J connectivity index is 1.22. The molecule has 258 valence electrons. The second-order valence-electron chi connectivity index (χ2n) is 15.6. The molecular formula is C55H38. The van der Waals surface area contributed by atoms with Gasteiger partial charge in [0.15, 0.2) is 0 Å². The summed E-state index contributed by atoms with van der Waals surface area (Å²) in [4.78, 5) is 0. The Morgan fingerprint density at radius 3 is 1.71 bits per heavy atom. The van der Waals surface area contributed by atoms with E-state index in [-0.39, 0.29) is 5.41 Å². The monoisotopic (exact) mass is 698 g/mol. The lowest BCUT2D eigenvalue weighted by molar-refractivity contribution is 0.662. The molecule has 10 aromatic carbocycles. The summed E-state index contributed by atoms with van der Waals surface area (Å²) in [6.07, 6.45) is 0. The van der Waals surface area contributed by atoms with E-state index in [1.807, 2.05) is 0 Å². The summed E-state index contributed by atoms with van der Waals surface area (Å²) >= 11 is 0. The Morgan fingerprint density at radius 2 is 0.873 bits per heavy atom. The average molecular weight is 699 g/mol. The Labute approximate surface area is 322 Å². The van der Waals surface area contributed by atoms with Gasteiger partial charge >= 0.3 is 0 Å². The number of rotatable bonds is 4. The Morgan fingerprint density at radius 1 is 0.309 bits per heavy atom. The summed E-state index contributed by atoms with van der Waals surface area (Å²) in [7, 11) is 0. The second kappa shape index (κ2) is 12.1. The molecule has 0 atom stereocenters. The fourth-order valence-corrected chi connectivity index (χ4v) is 9.76. The molecule has 11 rings (SSSR count). The fraction of sp³-hybridized carbons (Fsp3) is 0.0545. The van der Waals surface area contributed by atoms with Gasteiger partial charge in [0.1, 0.15) is 0 Å². The number of hydrogen-bond acceptors (Lipinski definition) is 0. The predicted molar refractivity (Wildman–Crippen MR) is 236 cm³/mol. The number of fused-ring (bicyclic) bond motifs is 8. The smallest absolute Gasteiger partial charge is 0.0165 e. The third kappa shape index (κ3) is 4.78. The number of hydrogen-bond donors (Lipinski definition) is 0. The van der Waals surface area contributed by atoms with E-state index in [2.05, 4.69) is 208 Å². The molecule has 0 aromatic heterocycles. The molecule has 0 saturated carbocycles. The molecule has 0 radical (unpaired) electrons. The fourth-order valence-electron chi connectivity index (χ4n) is 9.76. The highest BCUT2D eigenvalue weighted by molar-refractivity contribution is 6.28. The Bertz CT molecular complexity index is 3140. The third-order valence-corrected chi connectivity index (χ3v) is 12.2. The van der Waals surface area contributed by atoms with Crippen LogP contribution in [0, 0.1) is 0 Å². The van der Waals surface area contributed by atoms with Crippen molar-refractivity contribution in [1.29, 1.82) is 0 Å². The van der Waals surface area contributed by atoms with Gasteiger partial charge in [-0.05, 0) is 116 Å². The average Bonchev–Trinajstić information content (AvgIpc) is 3.48. The second-order valence-corrected chi connectivity index (χ2v) is 15.6. The maximum Gasteiger partial charge on any atom is 0.0165 e. The van der Waals surface area contributed by atoms with Crippen molar-refractivity contribution < 1.29 is 0 Å². The van der Waals surface area contributed by atoms with Gasteiger partial charge in [0.25, 0.3) is 0 Å². The third-order valence-electron chi connectivity index (χ3n) is 12.2. The van der Waals surface area contributed by atoms with Crippen LogP contribution in [-0.2, 0) is 5.41 Å². The van der Waals surface area contributed by atoms with Crippen molar-refractivity contribution in [2.45, 2.75) is 19.3 Å². The van der Waals surface area contributed by atoms with Crippen LogP contribution in [0.3, 0.4) is 0 Å². The lowest BCUT2D eigenvalue weighted by Gasteiger charge is -2.25. The minimum absolute atomic E-state index is 0.115. The van der Waals surface area contributed by atoms with Gasteiger partial charge in [-0.15, -0.1) is 0 Å². The van der Waals surface area contributed by atoms with Crippen LogP contribution in [0.2, 0.25) is 0 Å². The largest absolute Gasteiger partial charge is 0.0622 e. The molecule has 0 nitrogen and oxygen atoms in total. The highest BCUT2D eigenvalue weighted by Crippen LogP contribution is 2.53. The molecule has 0 fully saturated rings. The molecule has 0 amide bonds. The van der Waals surface area contributed by atoms with Gasteiger partial charge in [-0.3, -0.25) is 0 Å². The van der Waals surface area contributed by atoms with Gasteiger partial charge in [-0.25, -0.2) is 0 Å². The van der Waals surface area contributed by atoms with Crippen molar-refractivity contribution in [2.75, 3.05) is 0 Å². The van der Waals surface area contributed by atoms with Crippen molar-refractivity contribution in [3.05, 3.63) is 205 Å². The lowest BCUT2D eigenvalue weighted by Crippen LogP contribution is -2.16. The van der Waals surface area contributed by atoms with Crippen LogP contribution in [0.25, 0.3) is 98.7 Å². The summed E-state index contributed by atoms with van der Waals surface area (Å²) in [5.74, 6) is 0. The molecule has 0 unspecified atom stereocenters. The van der Waals surface area contributed by atoms with Crippen LogP contribution >= 0.6 is 0 Å². The van der Waals surface area contributed by atoms with E-state index in [4.69, 9.17) is 0 Å². The van der Waals surface area contributed by atoms with Crippen molar-refractivity contribution in [3.63, 3.8) is 0 Å². The SMILES string of the molecule is CC1(C)c2ccccc2-c2cccc(-c3ccc4c(-c5ccc(-c6cccc7ccccc67)cc5)c5ccc6ccccc6c5c(-c5ccccc5)c4c3)c21. The van der Waals surface area contributed by atoms with E-state index in [1.165, 1.54) is 110 Å². The molecule has 1 aliphatic rings. The van der Waals surface area contributed by atoms with E-state index in [9.17, 15) is 0 Å². The first-order chi connectivity index (χ1) is 27.1. The first-order valence-electron chi connectivity index (χ1n) is 19.4. The molecule has 0 saturated heterocycles. The van der Waals surface area contributed by atoms with E-state index >= 15 is 0 Å². The molecule has 10 aromatic rings. The van der Waals surface area contributed by atoms with Crippen molar-refractivity contribution >= 4 is 43.1 Å². The molecule has 0 bridgehead atoms. The van der Waals surface area contributed by atoms with Crippen LogP contribution in [0.5, 0.6) is 0 Å². The van der Waals surface area contributed by atoms with Crippen LogP contribution in [0.15, 0.2) is 194 Å². The van der Waals surface area contributed by atoms with Gasteiger partial charge in [0.05, 0.1) is 0 Å². The zero-order valence-electron chi connectivity index (χ0n) is 31.0. The van der Waals surface area contributed by atoms with Crippen LogP contribution < -0.4 is 0 Å².